The highest BCUT2D eigenvalue weighted by atomic mass is 35.5. The summed E-state index contributed by atoms with van der Waals surface area (Å²) in [5.74, 6) is 6.08. The van der Waals surface area contributed by atoms with Gasteiger partial charge in [0.1, 0.15) is 0 Å². The van der Waals surface area contributed by atoms with Crippen LogP contribution in [0.3, 0.4) is 0 Å². The van der Waals surface area contributed by atoms with Crippen molar-refractivity contribution >= 4 is 22.6 Å². The van der Waals surface area contributed by atoms with E-state index in [1.165, 1.54) is 10.8 Å². The van der Waals surface area contributed by atoms with E-state index in [1.807, 2.05) is 30.3 Å². The standard InChI is InChI=1S/C22H14ClN3O2/c1-25-19-8-5-13-24-20(19)21(27)26(22(25)28)18-12-11-16(14-17(18)23)10-9-15-6-3-2-4-7-15/h2-8,11-14H,1H3. The fraction of sp³-hybridized carbons (Fsp3) is 0.0455. The Bertz CT molecular complexity index is 1380. The third-order valence-corrected chi connectivity index (χ3v) is 4.65. The first-order valence-electron chi connectivity index (χ1n) is 8.50. The molecule has 136 valence electrons. The number of rotatable bonds is 1. The van der Waals surface area contributed by atoms with E-state index >= 15 is 0 Å². The van der Waals surface area contributed by atoms with Gasteiger partial charge in [0.25, 0.3) is 5.56 Å². The van der Waals surface area contributed by atoms with E-state index in [4.69, 9.17) is 11.6 Å². The minimum absolute atomic E-state index is 0.202. The molecular weight excluding hydrogens is 374 g/mol. The Balaban J connectivity index is 1.85. The van der Waals surface area contributed by atoms with Gasteiger partial charge in [0.2, 0.25) is 0 Å². The van der Waals surface area contributed by atoms with Gasteiger partial charge < -0.3 is 0 Å². The Hall–Kier alpha value is -3.62. The van der Waals surface area contributed by atoms with Gasteiger partial charge in [0.15, 0.2) is 5.52 Å². The number of halogens is 1. The molecule has 0 unspecified atom stereocenters. The van der Waals surface area contributed by atoms with Crippen LogP contribution < -0.4 is 11.2 Å². The fourth-order valence-corrected chi connectivity index (χ4v) is 3.19. The Morgan fingerprint density at radius 2 is 1.68 bits per heavy atom. The summed E-state index contributed by atoms with van der Waals surface area (Å²) in [7, 11) is 1.59. The molecular formula is C22H14ClN3O2. The molecule has 28 heavy (non-hydrogen) atoms. The first-order chi connectivity index (χ1) is 13.6. The Morgan fingerprint density at radius 3 is 2.43 bits per heavy atom. The number of pyridine rings is 1. The molecule has 0 amide bonds. The van der Waals surface area contributed by atoms with E-state index in [0.717, 1.165) is 10.1 Å². The molecule has 4 rings (SSSR count). The molecule has 0 fully saturated rings. The lowest BCUT2D eigenvalue weighted by Gasteiger charge is -2.11. The van der Waals surface area contributed by atoms with E-state index in [9.17, 15) is 9.59 Å². The smallest absolute Gasteiger partial charge is 0.294 e. The number of nitrogens with zero attached hydrogens (tertiary/aromatic N) is 3. The number of hydrogen-bond acceptors (Lipinski definition) is 3. The number of hydrogen-bond donors (Lipinski definition) is 0. The summed E-state index contributed by atoms with van der Waals surface area (Å²) >= 11 is 6.40. The second-order valence-electron chi connectivity index (χ2n) is 6.14. The summed E-state index contributed by atoms with van der Waals surface area (Å²) in [6, 6.07) is 17.9. The van der Waals surface area contributed by atoms with Gasteiger partial charge in [-0.1, -0.05) is 41.6 Å². The van der Waals surface area contributed by atoms with Crippen LogP contribution in [0.5, 0.6) is 0 Å². The molecule has 0 atom stereocenters. The zero-order valence-electron chi connectivity index (χ0n) is 14.9. The second-order valence-corrected chi connectivity index (χ2v) is 6.54. The van der Waals surface area contributed by atoms with Gasteiger partial charge >= 0.3 is 5.69 Å². The normalized spacial score (nSPS) is 10.5. The van der Waals surface area contributed by atoms with Crippen LogP contribution in [0.25, 0.3) is 16.7 Å². The van der Waals surface area contributed by atoms with Gasteiger partial charge in [-0.25, -0.2) is 14.3 Å². The minimum atomic E-state index is -0.510. The number of benzene rings is 2. The zero-order valence-corrected chi connectivity index (χ0v) is 15.6. The van der Waals surface area contributed by atoms with Crippen LogP contribution in [0.2, 0.25) is 5.02 Å². The maximum absolute atomic E-state index is 12.9. The number of aryl methyl sites for hydroxylation is 1. The van der Waals surface area contributed by atoms with Crippen LogP contribution >= 0.6 is 11.6 Å². The van der Waals surface area contributed by atoms with Gasteiger partial charge in [0.05, 0.1) is 16.2 Å². The van der Waals surface area contributed by atoms with Crippen molar-refractivity contribution in [3.05, 3.63) is 104 Å². The lowest BCUT2D eigenvalue weighted by Crippen LogP contribution is -2.38. The van der Waals surface area contributed by atoms with Gasteiger partial charge in [-0.2, -0.15) is 0 Å². The summed E-state index contributed by atoms with van der Waals surface area (Å²) in [6.45, 7) is 0. The maximum Gasteiger partial charge on any atom is 0.336 e. The first kappa shape index (κ1) is 17.8. The molecule has 2 heterocycles. The van der Waals surface area contributed by atoms with Gasteiger partial charge in [0, 0.05) is 24.4 Å². The quantitative estimate of drug-likeness (QED) is 0.471. The van der Waals surface area contributed by atoms with Crippen molar-refractivity contribution in [3.8, 4) is 17.5 Å². The van der Waals surface area contributed by atoms with Crippen molar-refractivity contribution in [1.29, 1.82) is 0 Å². The average Bonchev–Trinajstić information content (AvgIpc) is 2.73. The lowest BCUT2D eigenvalue weighted by molar-refractivity contribution is 0.770. The van der Waals surface area contributed by atoms with E-state index in [2.05, 4.69) is 16.8 Å². The third kappa shape index (κ3) is 3.11. The predicted molar refractivity (Wildman–Crippen MR) is 110 cm³/mol. The predicted octanol–water partition coefficient (Wildman–Crippen LogP) is 3.14. The monoisotopic (exact) mass is 387 g/mol. The highest BCUT2D eigenvalue weighted by molar-refractivity contribution is 6.32. The summed E-state index contributed by atoms with van der Waals surface area (Å²) in [4.78, 5) is 29.7. The zero-order chi connectivity index (χ0) is 19.7. The van der Waals surface area contributed by atoms with Crippen LogP contribution in [0.15, 0.2) is 76.4 Å². The van der Waals surface area contributed by atoms with E-state index in [-0.39, 0.29) is 10.5 Å². The van der Waals surface area contributed by atoms with Crippen LogP contribution in [-0.4, -0.2) is 14.1 Å². The summed E-state index contributed by atoms with van der Waals surface area (Å²) in [6.07, 6.45) is 1.52. The fourth-order valence-electron chi connectivity index (χ4n) is 2.92. The summed E-state index contributed by atoms with van der Waals surface area (Å²) in [5.41, 5.74) is 1.53. The molecule has 0 saturated heterocycles. The van der Waals surface area contributed by atoms with Crippen LogP contribution in [0, 0.1) is 11.8 Å². The molecule has 0 radical (unpaired) electrons. The highest BCUT2D eigenvalue weighted by Gasteiger charge is 2.15. The van der Waals surface area contributed by atoms with Crippen LogP contribution in [0.1, 0.15) is 11.1 Å². The molecule has 2 aromatic heterocycles. The molecule has 6 heteroatoms. The molecule has 0 aliphatic rings. The molecule has 0 N–H and O–H groups in total. The van der Waals surface area contributed by atoms with Crippen molar-refractivity contribution < 1.29 is 0 Å². The van der Waals surface area contributed by atoms with Crippen molar-refractivity contribution in [1.82, 2.24) is 14.1 Å². The number of aromatic nitrogens is 3. The first-order valence-corrected chi connectivity index (χ1v) is 8.88. The third-order valence-electron chi connectivity index (χ3n) is 4.35. The Labute approximate surface area is 165 Å². The van der Waals surface area contributed by atoms with Crippen molar-refractivity contribution in [2.75, 3.05) is 0 Å². The van der Waals surface area contributed by atoms with Gasteiger partial charge in [-0.05, 0) is 42.5 Å². The molecule has 0 aliphatic carbocycles. The second kappa shape index (κ2) is 7.18. The van der Waals surface area contributed by atoms with E-state index < -0.39 is 11.2 Å². The molecule has 4 aromatic rings. The summed E-state index contributed by atoms with van der Waals surface area (Å²) < 4.78 is 2.41. The largest absolute Gasteiger partial charge is 0.336 e. The maximum atomic E-state index is 12.9. The highest BCUT2D eigenvalue weighted by Crippen LogP contribution is 2.20. The lowest BCUT2D eigenvalue weighted by atomic mass is 10.1. The van der Waals surface area contributed by atoms with Crippen molar-refractivity contribution in [2.24, 2.45) is 7.05 Å². The topological polar surface area (TPSA) is 56.9 Å². The molecule has 0 spiro atoms. The van der Waals surface area contributed by atoms with Crippen LogP contribution in [-0.2, 0) is 7.05 Å². The molecule has 2 aromatic carbocycles. The van der Waals surface area contributed by atoms with Crippen molar-refractivity contribution in [3.63, 3.8) is 0 Å². The van der Waals surface area contributed by atoms with Gasteiger partial charge in [-0.3, -0.25) is 9.36 Å². The van der Waals surface area contributed by atoms with Crippen molar-refractivity contribution in [2.45, 2.75) is 0 Å². The summed E-state index contributed by atoms with van der Waals surface area (Å²) in [5, 5.41) is 0.259. The Morgan fingerprint density at radius 1 is 0.929 bits per heavy atom. The molecule has 5 nitrogen and oxygen atoms in total. The molecule has 0 aliphatic heterocycles. The molecule has 0 saturated carbocycles. The van der Waals surface area contributed by atoms with Gasteiger partial charge in [-0.15, -0.1) is 0 Å². The number of fused-ring (bicyclic) bond motifs is 1. The van der Waals surface area contributed by atoms with E-state index in [0.29, 0.717) is 16.8 Å². The minimum Gasteiger partial charge on any atom is -0.294 e. The van der Waals surface area contributed by atoms with Crippen LogP contribution in [0.4, 0.5) is 0 Å². The Kier molecular flexibility index (Phi) is 4.56. The van der Waals surface area contributed by atoms with E-state index in [1.54, 1.807) is 37.4 Å². The molecule has 0 bridgehead atoms. The average molecular weight is 388 g/mol. The SMILES string of the molecule is Cn1c(=O)n(-c2ccc(C#Cc3ccccc3)cc2Cl)c(=O)c2ncccc21.